The molecule has 0 aliphatic carbocycles. The molecule has 2 aromatic carbocycles. The number of carbonyl (C=O) groups excluding carboxylic acids is 3. The summed E-state index contributed by atoms with van der Waals surface area (Å²) in [6.45, 7) is -0.553. The number of esters is 1. The molecule has 0 heterocycles. The summed E-state index contributed by atoms with van der Waals surface area (Å²) in [4.78, 5) is 35.4. The summed E-state index contributed by atoms with van der Waals surface area (Å²) < 4.78 is 10.0. The van der Waals surface area contributed by atoms with E-state index in [0.717, 1.165) is 0 Å². The van der Waals surface area contributed by atoms with E-state index in [1.54, 1.807) is 30.3 Å². The van der Waals surface area contributed by atoms with Crippen molar-refractivity contribution in [2.45, 2.75) is 6.42 Å². The highest BCUT2D eigenvalue weighted by Gasteiger charge is 2.13. The molecule has 0 saturated carbocycles. The normalized spacial score (nSPS) is 10.0. The van der Waals surface area contributed by atoms with E-state index in [1.165, 1.54) is 19.2 Å². The number of carbonyl (C=O) groups is 3. The minimum atomic E-state index is -0.691. The summed E-state index contributed by atoms with van der Waals surface area (Å²) in [5, 5.41) is 0.931. The fourth-order valence-corrected chi connectivity index (χ4v) is 2.39. The van der Waals surface area contributed by atoms with Crippen LogP contribution in [0.2, 0.25) is 10.0 Å². The lowest BCUT2D eigenvalue weighted by Gasteiger charge is -2.10. The fraction of sp³-hybridized carbons (Fsp3) is 0.167. The van der Waals surface area contributed by atoms with E-state index in [-0.39, 0.29) is 6.42 Å². The van der Waals surface area contributed by atoms with Gasteiger partial charge in [-0.05, 0) is 42.5 Å². The van der Waals surface area contributed by atoms with Crippen molar-refractivity contribution in [3.05, 3.63) is 63.6 Å². The van der Waals surface area contributed by atoms with Gasteiger partial charge in [0.15, 0.2) is 6.61 Å². The highest BCUT2D eigenvalue weighted by Crippen LogP contribution is 2.23. The number of halogens is 2. The molecule has 0 radical (unpaired) electrons. The first-order valence-electron chi connectivity index (χ1n) is 7.72. The van der Waals surface area contributed by atoms with Gasteiger partial charge in [0, 0.05) is 21.2 Å². The van der Waals surface area contributed by atoms with Gasteiger partial charge in [-0.2, -0.15) is 0 Å². The zero-order valence-corrected chi connectivity index (χ0v) is 15.8. The second-order valence-corrected chi connectivity index (χ2v) is 6.18. The molecule has 7 nitrogen and oxygen atoms in total. The first-order valence-corrected chi connectivity index (χ1v) is 8.47. The van der Waals surface area contributed by atoms with E-state index in [2.05, 4.69) is 10.9 Å². The molecule has 0 aliphatic rings. The highest BCUT2D eigenvalue weighted by molar-refractivity contribution is 6.31. The average Bonchev–Trinajstić information content (AvgIpc) is 2.65. The predicted molar refractivity (Wildman–Crippen MR) is 99.7 cm³/mol. The van der Waals surface area contributed by atoms with Gasteiger partial charge in [-0.25, -0.2) is 0 Å². The van der Waals surface area contributed by atoms with Crippen LogP contribution in [0.25, 0.3) is 0 Å². The Morgan fingerprint density at radius 2 is 1.63 bits per heavy atom. The minimum absolute atomic E-state index is 0.117. The van der Waals surface area contributed by atoms with Crippen LogP contribution in [-0.2, 0) is 20.7 Å². The molecule has 0 unspecified atom stereocenters. The molecule has 9 heteroatoms. The summed E-state index contributed by atoms with van der Waals surface area (Å²) in [5.41, 5.74) is 5.20. The van der Waals surface area contributed by atoms with Gasteiger partial charge in [-0.15, -0.1) is 0 Å². The van der Waals surface area contributed by atoms with Gasteiger partial charge in [-0.1, -0.05) is 23.2 Å². The molecule has 142 valence electrons. The average molecular weight is 411 g/mol. The first-order chi connectivity index (χ1) is 12.9. The summed E-state index contributed by atoms with van der Waals surface area (Å²) in [5.74, 6) is -1.38. The van der Waals surface area contributed by atoms with Crippen molar-refractivity contribution in [1.29, 1.82) is 0 Å². The third-order valence-corrected chi connectivity index (χ3v) is 3.85. The molecule has 2 amide bonds. The summed E-state index contributed by atoms with van der Waals surface area (Å²) in [6.07, 6.45) is -0.117. The molecule has 0 bridgehead atoms. The molecule has 0 fully saturated rings. The zero-order valence-electron chi connectivity index (χ0n) is 14.3. The molecule has 0 aliphatic heterocycles. The highest BCUT2D eigenvalue weighted by atomic mass is 35.5. The lowest BCUT2D eigenvalue weighted by molar-refractivity contribution is -0.148. The molecule has 0 atom stereocenters. The standard InChI is InChI=1S/C18H16Cl2N2O5/c1-26-15-7-6-14(20)8-12(15)9-17(24)27-10-16(23)21-22-18(25)11-2-4-13(19)5-3-11/h2-8H,9-10H2,1H3,(H,21,23)(H,22,25). The fourth-order valence-electron chi connectivity index (χ4n) is 2.07. The summed E-state index contributed by atoms with van der Waals surface area (Å²) >= 11 is 11.6. The number of amides is 2. The molecular formula is C18H16Cl2N2O5. The van der Waals surface area contributed by atoms with Gasteiger partial charge < -0.3 is 9.47 Å². The van der Waals surface area contributed by atoms with Crippen LogP contribution in [0.3, 0.4) is 0 Å². The Labute approximate surface area is 165 Å². The smallest absolute Gasteiger partial charge is 0.310 e. The third-order valence-electron chi connectivity index (χ3n) is 3.36. The lowest BCUT2D eigenvalue weighted by Crippen LogP contribution is -2.43. The van der Waals surface area contributed by atoms with Crippen molar-refractivity contribution in [3.8, 4) is 5.75 Å². The van der Waals surface area contributed by atoms with Gasteiger partial charge in [-0.3, -0.25) is 25.2 Å². The van der Waals surface area contributed by atoms with Crippen molar-refractivity contribution in [2.24, 2.45) is 0 Å². The molecule has 2 rings (SSSR count). The van der Waals surface area contributed by atoms with Crippen LogP contribution >= 0.6 is 23.2 Å². The van der Waals surface area contributed by atoms with E-state index in [1.807, 2.05) is 0 Å². The Balaban J connectivity index is 1.78. The monoisotopic (exact) mass is 410 g/mol. The first kappa shape index (κ1) is 20.5. The Morgan fingerprint density at radius 1 is 0.963 bits per heavy atom. The van der Waals surface area contributed by atoms with Crippen LogP contribution in [0.4, 0.5) is 0 Å². The van der Waals surface area contributed by atoms with Crippen LogP contribution < -0.4 is 15.6 Å². The minimum Gasteiger partial charge on any atom is -0.496 e. The van der Waals surface area contributed by atoms with Gasteiger partial charge in [0.05, 0.1) is 13.5 Å². The summed E-state index contributed by atoms with van der Waals surface area (Å²) in [6, 6.07) is 10.9. The Bertz CT molecular complexity index is 840. The van der Waals surface area contributed by atoms with Gasteiger partial charge >= 0.3 is 5.97 Å². The lowest BCUT2D eigenvalue weighted by atomic mass is 10.1. The summed E-state index contributed by atoms with van der Waals surface area (Å²) in [7, 11) is 1.47. The zero-order chi connectivity index (χ0) is 19.8. The predicted octanol–water partition coefficient (Wildman–Crippen LogP) is 2.55. The van der Waals surface area contributed by atoms with Crippen molar-refractivity contribution in [3.63, 3.8) is 0 Å². The van der Waals surface area contributed by atoms with Crippen LogP contribution in [0.5, 0.6) is 5.75 Å². The van der Waals surface area contributed by atoms with E-state index in [9.17, 15) is 14.4 Å². The quantitative estimate of drug-likeness (QED) is 0.563. The number of hydrogen-bond acceptors (Lipinski definition) is 5. The van der Waals surface area contributed by atoms with Crippen molar-refractivity contribution in [2.75, 3.05) is 13.7 Å². The molecule has 27 heavy (non-hydrogen) atoms. The number of methoxy groups -OCH3 is 1. The van der Waals surface area contributed by atoms with Crippen molar-refractivity contribution >= 4 is 41.0 Å². The van der Waals surface area contributed by atoms with Gasteiger partial charge in [0.2, 0.25) is 0 Å². The molecular weight excluding hydrogens is 395 g/mol. The number of hydrazine groups is 1. The SMILES string of the molecule is COc1ccc(Cl)cc1CC(=O)OCC(=O)NNC(=O)c1ccc(Cl)cc1. The van der Waals surface area contributed by atoms with Crippen LogP contribution in [0.15, 0.2) is 42.5 Å². The maximum Gasteiger partial charge on any atom is 0.310 e. The van der Waals surface area contributed by atoms with E-state index >= 15 is 0 Å². The second-order valence-electron chi connectivity index (χ2n) is 5.30. The number of nitrogens with one attached hydrogen (secondary N) is 2. The maximum atomic E-state index is 11.9. The number of rotatable bonds is 6. The molecule has 0 aromatic heterocycles. The van der Waals surface area contributed by atoms with Gasteiger partial charge in [0.1, 0.15) is 5.75 Å². The number of benzene rings is 2. The number of hydrogen-bond donors (Lipinski definition) is 2. The number of ether oxygens (including phenoxy) is 2. The van der Waals surface area contributed by atoms with Crippen LogP contribution in [0.1, 0.15) is 15.9 Å². The molecule has 0 spiro atoms. The second kappa shape index (κ2) is 9.80. The van der Waals surface area contributed by atoms with E-state index < -0.39 is 24.4 Å². The molecule has 0 saturated heterocycles. The van der Waals surface area contributed by atoms with Crippen LogP contribution in [0, 0.1) is 0 Å². The van der Waals surface area contributed by atoms with Crippen molar-refractivity contribution in [1.82, 2.24) is 10.9 Å². The maximum absolute atomic E-state index is 11.9. The van der Waals surface area contributed by atoms with E-state index in [4.69, 9.17) is 32.7 Å². The van der Waals surface area contributed by atoms with Crippen molar-refractivity contribution < 1.29 is 23.9 Å². The van der Waals surface area contributed by atoms with Crippen LogP contribution in [-0.4, -0.2) is 31.5 Å². The van der Waals surface area contributed by atoms with E-state index in [0.29, 0.717) is 26.9 Å². The Morgan fingerprint density at radius 3 is 2.30 bits per heavy atom. The Hall–Kier alpha value is -2.77. The largest absolute Gasteiger partial charge is 0.496 e. The Kier molecular flexibility index (Phi) is 7.45. The molecule has 2 aromatic rings. The molecule has 2 N–H and O–H groups in total. The third kappa shape index (κ3) is 6.47. The topological polar surface area (TPSA) is 93.7 Å². The van der Waals surface area contributed by atoms with Gasteiger partial charge in [0.25, 0.3) is 11.8 Å².